The Hall–Kier alpha value is 1.70. The van der Waals surface area contributed by atoms with Crippen LogP contribution in [0.1, 0.15) is 19.8 Å². The van der Waals surface area contributed by atoms with Gasteiger partial charge in [0.2, 0.25) is 0 Å². The van der Waals surface area contributed by atoms with Gasteiger partial charge in [-0.15, -0.1) is 0 Å². The van der Waals surface area contributed by atoms with E-state index in [4.69, 9.17) is 0 Å². The summed E-state index contributed by atoms with van der Waals surface area (Å²) in [5, 5.41) is 3.34. The minimum Gasteiger partial charge on any atom is -0.372 e. The summed E-state index contributed by atoms with van der Waals surface area (Å²) in [5.41, 5.74) is 0. The van der Waals surface area contributed by atoms with Gasteiger partial charge in [0.15, 0.2) is 0 Å². The summed E-state index contributed by atoms with van der Waals surface area (Å²) < 4.78 is 0. The Morgan fingerprint density at radius 2 is 2.27 bits per heavy atom. The second-order valence-corrected chi connectivity index (χ2v) is 2.79. The Bertz CT molecular complexity index is 84.2. The summed E-state index contributed by atoms with van der Waals surface area (Å²) in [4.78, 5) is 0. The van der Waals surface area contributed by atoms with Crippen LogP contribution in [0.2, 0.25) is 0 Å². The van der Waals surface area contributed by atoms with Crippen LogP contribution in [-0.2, 0) is 21.1 Å². The van der Waals surface area contributed by atoms with Gasteiger partial charge in [-0.25, -0.2) is 0 Å². The maximum Gasteiger partial charge on any atom is 0 e. The quantitative estimate of drug-likeness (QED) is 0.517. The SMILES string of the molecule is [CH2-]C[C-](C)C1CCNC1.[U].[W]. The van der Waals surface area contributed by atoms with E-state index in [-0.39, 0.29) is 52.2 Å². The van der Waals surface area contributed by atoms with Crippen molar-refractivity contribution in [2.45, 2.75) is 19.8 Å². The summed E-state index contributed by atoms with van der Waals surface area (Å²) in [7, 11) is 0. The van der Waals surface area contributed by atoms with E-state index in [1.807, 2.05) is 0 Å². The van der Waals surface area contributed by atoms with Crippen LogP contribution in [0.15, 0.2) is 0 Å². The van der Waals surface area contributed by atoms with E-state index in [0.29, 0.717) is 0 Å². The molecule has 0 radical (unpaired) electrons. The Morgan fingerprint density at radius 3 is 2.64 bits per heavy atom. The standard InChI is InChI=1S/C8H15N.U.W/c1-3-7(2)8-4-5-9-6-8;;/h8-9H,1,3-6H2,2H3;;/q-2;;. The first-order chi connectivity index (χ1) is 4.34. The second-order valence-electron chi connectivity index (χ2n) is 2.79. The van der Waals surface area contributed by atoms with E-state index in [1.54, 1.807) is 5.92 Å². The van der Waals surface area contributed by atoms with Crippen molar-refractivity contribution >= 4 is 0 Å². The first kappa shape index (κ1) is 15.2. The molecule has 1 aliphatic rings. The molecular formula is C8H15NUW-2. The van der Waals surface area contributed by atoms with Crippen LogP contribution in [0.5, 0.6) is 0 Å². The fourth-order valence-electron chi connectivity index (χ4n) is 1.28. The van der Waals surface area contributed by atoms with E-state index < -0.39 is 0 Å². The van der Waals surface area contributed by atoms with Gasteiger partial charge < -0.3 is 24.6 Å². The molecule has 1 saturated heterocycles. The van der Waals surface area contributed by atoms with Crippen molar-refractivity contribution < 1.29 is 52.2 Å². The summed E-state index contributed by atoms with van der Waals surface area (Å²) >= 11 is 0. The molecule has 0 saturated carbocycles. The molecule has 0 aromatic carbocycles. The molecule has 64 valence electrons. The Morgan fingerprint density at radius 1 is 1.64 bits per heavy atom. The average molecular weight is 547 g/mol. The van der Waals surface area contributed by atoms with Crippen LogP contribution >= 0.6 is 0 Å². The van der Waals surface area contributed by atoms with Gasteiger partial charge >= 0.3 is 0 Å². The first-order valence-corrected chi connectivity index (χ1v) is 3.67. The van der Waals surface area contributed by atoms with Crippen LogP contribution in [0, 0.1) is 49.9 Å². The van der Waals surface area contributed by atoms with Gasteiger partial charge in [-0.2, -0.15) is 12.8 Å². The molecule has 0 aromatic rings. The number of hydrogen-bond acceptors (Lipinski definition) is 1. The summed E-state index contributed by atoms with van der Waals surface area (Å²) in [6, 6.07) is 0. The topological polar surface area (TPSA) is 12.0 Å². The molecule has 0 spiro atoms. The minimum absolute atomic E-state index is 0. The molecule has 11 heavy (non-hydrogen) atoms. The van der Waals surface area contributed by atoms with E-state index >= 15 is 0 Å². The predicted octanol–water partition coefficient (Wildman–Crippen LogP) is 1.41. The van der Waals surface area contributed by atoms with Gasteiger partial charge in [-0.05, 0) is 13.1 Å². The van der Waals surface area contributed by atoms with Gasteiger partial charge in [-0.3, -0.25) is 0 Å². The van der Waals surface area contributed by atoms with Gasteiger partial charge in [0.25, 0.3) is 0 Å². The van der Waals surface area contributed by atoms with E-state index in [1.165, 1.54) is 19.5 Å². The van der Waals surface area contributed by atoms with Crippen molar-refractivity contribution in [3.05, 3.63) is 12.8 Å². The van der Waals surface area contributed by atoms with Crippen LogP contribution in [-0.4, -0.2) is 13.1 Å². The maximum atomic E-state index is 3.87. The van der Waals surface area contributed by atoms with Crippen LogP contribution < -0.4 is 5.32 Å². The molecule has 1 atom stereocenters. The number of nitrogens with one attached hydrogen (secondary N) is 1. The molecule has 0 amide bonds. The van der Waals surface area contributed by atoms with E-state index in [0.717, 1.165) is 12.3 Å². The van der Waals surface area contributed by atoms with E-state index in [9.17, 15) is 0 Å². The Labute approximate surface area is 108 Å². The van der Waals surface area contributed by atoms with Crippen molar-refractivity contribution in [2.75, 3.05) is 13.1 Å². The summed E-state index contributed by atoms with van der Waals surface area (Å²) in [6.07, 6.45) is 2.33. The second kappa shape index (κ2) is 8.31. The predicted molar refractivity (Wildman–Crippen MR) is 39.9 cm³/mol. The molecule has 1 nitrogen and oxygen atoms in total. The molecule has 0 aromatic heterocycles. The summed E-state index contributed by atoms with van der Waals surface area (Å²) in [6.45, 7) is 8.46. The van der Waals surface area contributed by atoms with Crippen molar-refractivity contribution in [3.8, 4) is 0 Å². The van der Waals surface area contributed by atoms with Gasteiger partial charge in [0.1, 0.15) is 0 Å². The van der Waals surface area contributed by atoms with Crippen LogP contribution in [0.4, 0.5) is 0 Å². The fraction of sp³-hybridized carbons (Fsp3) is 0.750. The Kier molecular flexibility index (Phi) is 11.5. The van der Waals surface area contributed by atoms with Gasteiger partial charge in [0.05, 0.1) is 0 Å². The normalized spacial score (nSPS) is 22.6. The molecule has 1 unspecified atom stereocenters. The number of hydrogen-bond donors (Lipinski definition) is 1. The molecule has 3 heteroatoms. The zero-order valence-corrected chi connectivity index (χ0v) is 14.1. The maximum absolute atomic E-state index is 3.87. The third-order valence-electron chi connectivity index (χ3n) is 2.15. The summed E-state index contributed by atoms with van der Waals surface area (Å²) in [5.74, 6) is 2.38. The van der Waals surface area contributed by atoms with Gasteiger partial charge in [-0.1, -0.05) is 6.42 Å². The third-order valence-corrected chi connectivity index (χ3v) is 2.15. The largest absolute Gasteiger partial charge is 0.372 e. The molecule has 1 N–H and O–H groups in total. The monoisotopic (exact) mass is 547 g/mol. The fourth-order valence-corrected chi connectivity index (χ4v) is 1.28. The smallest absolute Gasteiger partial charge is 0 e. The van der Waals surface area contributed by atoms with Crippen molar-refractivity contribution in [3.63, 3.8) is 0 Å². The molecule has 1 aliphatic heterocycles. The molecule has 0 aliphatic carbocycles. The van der Waals surface area contributed by atoms with Crippen molar-refractivity contribution in [2.24, 2.45) is 5.92 Å². The molecular weight excluding hydrogens is 532 g/mol. The minimum atomic E-state index is 0. The van der Waals surface area contributed by atoms with E-state index in [2.05, 4.69) is 19.2 Å². The Balaban J connectivity index is 0. The van der Waals surface area contributed by atoms with Crippen molar-refractivity contribution in [1.82, 2.24) is 5.32 Å². The van der Waals surface area contributed by atoms with Crippen LogP contribution in [0.3, 0.4) is 0 Å². The van der Waals surface area contributed by atoms with Crippen LogP contribution in [0.25, 0.3) is 0 Å². The molecule has 1 rings (SSSR count). The first-order valence-electron chi connectivity index (χ1n) is 3.67. The zero-order valence-electron chi connectivity index (χ0n) is 7.02. The molecule has 1 fully saturated rings. The van der Waals surface area contributed by atoms with Crippen molar-refractivity contribution in [1.29, 1.82) is 0 Å². The molecule has 0 bridgehead atoms. The number of rotatable bonds is 2. The average Bonchev–Trinajstić information content (AvgIpc) is 2.37. The molecule has 1 heterocycles. The zero-order chi connectivity index (χ0) is 6.69. The van der Waals surface area contributed by atoms with Gasteiger partial charge in [0, 0.05) is 52.2 Å². The third kappa shape index (κ3) is 5.09.